The van der Waals surface area contributed by atoms with Gasteiger partial charge in [-0.2, -0.15) is 27.8 Å². The molecule has 2 unspecified atom stereocenters. The van der Waals surface area contributed by atoms with Gasteiger partial charge in [0.25, 0.3) is 0 Å². The third-order valence-corrected chi connectivity index (χ3v) is 4.76. The number of hydrogen-bond acceptors (Lipinski definition) is 4. The van der Waals surface area contributed by atoms with Gasteiger partial charge in [-0.15, -0.1) is 0 Å². The summed E-state index contributed by atoms with van der Waals surface area (Å²) < 4.78 is 0. The molecule has 2 aromatic rings. The van der Waals surface area contributed by atoms with Crippen molar-refractivity contribution >= 4 is 45.7 Å². The van der Waals surface area contributed by atoms with Crippen molar-refractivity contribution in [2.75, 3.05) is 0 Å². The third kappa shape index (κ3) is 3.65. The van der Waals surface area contributed by atoms with E-state index in [1.54, 1.807) is 22.7 Å². The van der Waals surface area contributed by atoms with E-state index in [0.717, 1.165) is 5.71 Å². The van der Waals surface area contributed by atoms with Gasteiger partial charge in [-0.1, -0.05) is 13.8 Å². The maximum atomic E-state index is 5.50. The Bertz CT molecular complexity index is 531. The highest BCUT2D eigenvalue weighted by Crippen LogP contribution is 2.29. The first-order chi connectivity index (χ1) is 9.59. The minimum Gasteiger partial charge on any atom is -0.375 e. The van der Waals surface area contributed by atoms with Crippen molar-refractivity contribution in [3.05, 3.63) is 44.8 Å². The average Bonchev–Trinajstić information content (AvgIpc) is 3.11. The number of thiophene rings is 2. The smallest absolute Gasteiger partial charge is 0.184 e. The summed E-state index contributed by atoms with van der Waals surface area (Å²) in [5, 5.41) is 13.1. The molecule has 0 fully saturated rings. The molecule has 106 valence electrons. The lowest BCUT2D eigenvalue weighted by Gasteiger charge is -2.20. The summed E-state index contributed by atoms with van der Waals surface area (Å²) in [5.41, 5.74) is 11.8. The lowest BCUT2D eigenvalue weighted by atomic mass is 9.87. The zero-order chi connectivity index (χ0) is 14.5. The Hall–Kier alpha value is -1.24. The number of nitrogens with one attached hydrogen (secondary N) is 1. The van der Waals surface area contributed by atoms with Crippen molar-refractivity contribution in [1.29, 1.82) is 0 Å². The van der Waals surface area contributed by atoms with E-state index >= 15 is 0 Å². The van der Waals surface area contributed by atoms with Crippen molar-refractivity contribution in [3.8, 4) is 0 Å². The molecule has 0 spiro atoms. The first-order valence-electron chi connectivity index (χ1n) is 6.26. The maximum absolute atomic E-state index is 5.50. The first kappa shape index (κ1) is 15.2. The van der Waals surface area contributed by atoms with Gasteiger partial charge < -0.3 is 5.73 Å². The Morgan fingerprint density at radius 2 is 1.65 bits per heavy atom. The summed E-state index contributed by atoms with van der Waals surface area (Å²) in [5.74, 6) is 0.441. The summed E-state index contributed by atoms with van der Waals surface area (Å²) in [6, 6.07) is 4.26. The van der Waals surface area contributed by atoms with Crippen LogP contribution >= 0.6 is 34.9 Å². The summed E-state index contributed by atoms with van der Waals surface area (Å²) in [4.78, 5) is 0. The van der Waals surface area contributed by atoms with Crippen molar-refractivity contribution < 1.29 is 0 Å². The topological polar surface area (TPSA) is 50.4 Å². The molecule has 0 saturated heterocycles. The normalized spacial score (nSPS) is 13.5. The molecule has 0 radical (unpaired) electrons. The van der Waals surface area contributed by atoms with Gasteiger partial charge in [-0.05, 0) is 57.0 Å². The lowest BCUT2D eigenvalue weighted by molar-refractivity contribution is 0.871. The molecular weight excluding hydrogens is 306 g/mol. The van der Waals surface area contributed by atoms with E-state index in [1.165, 1.54) is 11.1 Å². The Morgan fingerprint density at radius 3 is 2.00 bits per heavy atom. The fraction of sp³-hybridized carbons (Fsp3) is 0.286. The lowest BCUT2D eigenvalue weighted by Crippen LogP contribution is -2.28. The molecule has 2 heterocycles. The molecule has 6 heteroatoms. The van der Waals surface area contributed by atoms with Gasteiger partial charge in [0.2, 0.25) is 0 Å². The van der Waals surface area contributed by atoms with E-state index in [0.29, 0.717) is 0 Å². The summed E-state index contributed by atoms with van der Waals surface area (Å²) in [6.45, 7) is 4.32. The molecule has 2 rings (SSSR count). The highest BCUT2D eigenvalue weighted by molar-refractivity contribution is 7.80. The Morgan fingerprint density at radius 1 is 1.15 bits per heavy atom. The quantitative estimate of drug-likeness (QED) is 0.498. The zero-order valence-corrected chi connectivity index (χ0v) is 13.8. The van der Waals surface area contributed by atoms with Crippen LogP contribution in [-0.2, 0) is 0 Å². The second-order valence-corrected chi connectivity index (χ2v) is 6.57. The molecule has 0 aromatic carbocycles. The van der Waals surface area contributed by atoms with Crippen LogP contribution in [0.4, 0.5) is 0 Å². The van der Waals surface area contributed by atoms with Gasteiger partial charge >= 0.3 is 0 Å². The standard InChI is InChI=1S/C14H17N3S3/c1-9(11-3-5-19-7-11)13(16-17-14(15)18)10(2)12-4-6-20-8-12/h3-10H,1-2H3,(H3,15,17,18). The highest BCUT2D eigenvalue weighted by atomic mass is 32.1. The van der Waals surface area contributed by atoms with Crippen LogP contribution in [0.15, 0.2) is 38.8 Å². The number of hydrogen-bond donors (Lipinski definition) is 2. The summed E-state index contributed by atoms with van der Waals surface area (Å²) >= 11 is 8.24. The minimum atomic E-state index is 0.192. The number of rotatable bonds is 5. The van der Waals surface area contributed by atoms with Crippen molar-refractivity contribution in [2.24, 2.45) is 10.8 Å². The largest absolute Gasteiger partial charge is 0.375 e. The maximum Gasteiger partial charge on any atom is 0.184 e. The van der Waals surface area contributed by atoms with Crippen LogP contribution in [0.2, 0.25) is 0 Å². The molecule has 3 N–H and O–H groups in total. The Labute approximate surface area is 132 Å². The molecular formula is C14H17N3S3. The van der Waals surface area contributed by atoms with Crippen molar-refractivity contribution in [3.63, 3.8) is 0 Å². The molecule has 2 aromatic heterocycles. The molecule has 3 nitrogen and oxygen atoms in total. The minimum absolute atomic E-state index is 0.192. The van der Waals surface area contributed by atoms with E-state index in [1.807, 2.05) is 0 Å². The van der Waals surface area contributed by atoms with Gasteiger partial charge in [0.15, 0.2) is 5.11 Å². The molecule has 0 aliphatic rings. The van der Waals surface area contributed by atoms with E-state index in [4.69, 9.17) is 18.0 Å². The fourth-order valence-corrected chi connectivity index (χ4v) is 3.63. The van der Waals surface area contributed by atoms with Crippen LogP contribution in [0.25, 0.3) is 0 Å². The molecule has 0 amide bonds. The highest BCUT2D eigenvalue weighted by Gasteiger charge is 2.21. The van der Waals surface area contributed by atoms with Crippen LogP contribution in [0.5, 0.6) is 0 Å². The Balaban J connectivity index is 2.29. The van der Waals surface area contributed by atoms with Gasteiger partial charge in [-0.3, -0.25) is 5.43 Å². The van der Waals surface area contributed by atoms with Crippen LogP contribution in [0, 0.1) is 0 Å². The summed E-state index contributed by atoms with van der Waals surface area (Å²) in [6.07, 6.45) is 0. The summed E-state index contributed by atoms with van der Waals surface area (Å²) in [7, 11) is 0. The van der Waals surface area contributed by atoms with Crippen LogP contribution < -0.4 is 11.2 Å². The van der Waals surface area contributed by atoms with Gasteiger partial charge in [0.05, 0.1) is 5.71 Å². The van der Waals surface area contributed by atoms with Crippen molar-refractivity contribution in [1.82, 2.24) is 5.43 Å². The number of thiocarbonyl (C=S) groups is 1. The van der Waals surface area contributed by atoms with Crippen LogP contribution in [0.1, 0.15) is 36.8 Å². The first-order valence-corrected chi connectivity index (χ1v) is 8.56. The number of nitrogens with zero attached hydrogens (tertiary/aromatic N) is 1. The monoisotopic (exact) mass is 323 g/mol. The molecule has 20 heavy (non-hydrogen) atoms. The second-order valence-electron chi connectivity index (χ2n) is 4.57. The Kier molecular flexibility index (Phi) is 5.28. The fourth-order valence-electron chi connectivity index (χ4n) is 2.07. The van der Waals surface area contributed by atoms with E-state index in [-0.39, 0.29) is 16.9 Å². The van der Waals surface area contributed by atoms with E-state index in [2.05, 4.69) is 58.0 Å². The van der Waals surface area contributed by atoms with E-state index in [9.17, 15) is 0 Å². The predicted molar refractivity (Wildman–Crippen MR) is 92.8 cm³/mol. The molecule has 2 atom stereocenters. The number of hydrazone groups is 1. The number of nitrogens with two attached hydrogens (primary N) is 1. The second kappa shape index (κ2) is 6.97. The van der Waals surface area contributed by atoms with Gasteiger partial charge in [-0.25, -0.2) is 0 Å². The zero-order valence-electron chi connectivity index (χ0n) is 11.4. The van der Waals surface area contributed by atoms with Gasteiger partial charge in [0.1, 0.15) is 0 Å². The predicted octanol–water partition coefficient (Wildman–Crippen LogP) is 3.91. The third-order valence-electron chi connectivity index (χ3n) is 3.27. The van der Waals surface area contributed by atoms with E-state index < -0.39 is 0 Å². The molecule has 0 bridgehead atoms. The van der Waals surface area contributed by atoms with Crippen LogP contribution in [0.3, 0.4) is 0 Å². The van der Waals surface area contributed by atoms with Gasteiger partial charge in [0, 0.05) is 11.8 Å². The molecule has 0 aliphatic carbocycles. The SMILES string of the molecule is CC(C(=NNC(N)=S)C(C)c1ccsc1)c1ccsc1. The van der Waals surface area contributed by atoms with Crippen LogP contribution in [-0.4, -0.2) is 10.8 Å². The average molecular weight is 324 g/mol. The van der Waals surface area contributed by atoms with Crippen molar-refractivity contribution in [2.45, 2.75) is 25.7 Å². The molecule has 0 saturated carbocycles. The molecule has 0 aliphatic heterocycles.